The Hall–Kier alpha value is -2.62. The second-order valence-corrected chi connectivity index (χ2v) is 5.03. The molecule has 3 rings (SSSR count). The molecule has 0 fully saturated rings. The van der Waals surface area contributed by atoms with Gasteiger partial charge in [-0.1, -0.05) is 6.07 Å². The number of halogens is 3. The van der Waals surface area contributed by atoms with Crippen molar-refractivity contribution >= 4 is 5.82 Å². The second-order valence-electron chi connectivity index (χ2n) is 5.03. The maximum absolute atomic E-state index is 12.7. The molecule has 0 saturated carbocycles. The number of nitrogens with zero attached hydrogens (tertiary/aromatic N) is 4. The van der Waals surface area contributed by atoms with Gasteiger partial charge in [0.25, 0.3) is 0 Å². The van der Waals surface area contributed by atoms with Gasteiger partial charge in [-0.2, -0.15) is 18.4 Å². The van der Waals surface area contributed by atoms with Crippen LogP contribution in [0.5, 0.6) is 0 Å². The number of hydrogen-bond acceptors (Lipinski definition) is 4. The Bertz CT molecular complexity index is 749. The van der Waals surface area contributed by atoms with Gasteiger partial charge >= 0.3 is 6.18 Å². The predicted molar refractivity (Wildman–Crippen MR) is 72.9 cm³/mol. The second kappa shape index (κ2) is 5.30. The highest BCUT2D eigenvalue weighted by molar-refractivity contribution is 5.45. The fourth-order valence-corrected chi connectivity index (χ4v) is 2.49. The molecule has 7 heteroatoms. The molecular formula is C15H11F3N4. The maximum atomic E-state index is 12.7. The first-order valence-electron chi connectivity index (χ1n) is 6.63. The Kier molecular flexibility index (Phi) is 3.45. The molecule has 1 aromatic heterocycles. The minimum atomic E-state index is -4.32. The lowest BCUT2D eigenvalue weighted by molar-refractivity contribution is -0.137. The fourth-order valence-electron chi connectivity index (χ4n) is 2.49. The Morgan fingerprint density at radius 2 is 2.00 bits per heavy atom. The highest BCUT2D eigenvalue weighted by Gasteiger charge is 2.31. The van der Waals surface area contributed by atoms with Crippen LogP contribution in [0.2, 0.25) is 0 Å². The van der Waals surface area contributed by atoms with Gasteiger partial charge in [-0.25, -0.2) is 4.98 Å². The monoisotopic (exact) mass is 304 g/mol. The molecule has 0 unspecified atom stereocenters. The summed E-state index contributed by atoms with van der Waals surface area (Å²) >= 11 is 0. The van der Waals surface area contributed by atoms with Crippen molar-refractivity contribution in [3.63, 3.8) is 0 Å². The van der Waals surface area contributed by atoms with E-state index >= 15 is 0 Å². The number of hydrogen-bond donors (Lipinski definition) is 0. The summed E-state index contributed by atoms with van der Waals surface area (Å²) in [6.45, 7) is 0.995. The summed E-state index contributed by atoms with van der Waals surface area (Å²) in [4.78, 5) is 10.0. The Balaban J connectivity index is 1.87. The highest BCUT2D eigenvalue weighted by Crippen LogP contribution is 2.32. The van der Waals surface area contributed by atoms with Gasteiger partial charge in [0.15, 0.2) is 5.69 Å². The molecular weight excluding hydrogens is 293 g/mol. The van der Waals surface area contributed by atoms with Crippen LogP contribution in [-0.2, 0) is 19.1 Å². The minimum Gasteiger partial charge on any atom is -0.351 e. The zero-order chi connectivity index (χ0) is 15.7. The van der Waals surface area contributed by atoms with Crippen molar-refractivity contribution in [1.29, 1.82) is 5.26 Å². The number of alkyl halides is 3. The molecule has 22 heavy (non-hydrogen) atoms. The summed E-state index contributed by atoms with van der Waals surface area (Å²) < 4.78 is 38.2. The molecule has 2 aromatic rings. The summed E-state index contributed by atoms with van der Waals surface area (Å²) in [6.07, 6.45) is -0.899. The molecule has 0 aliphatic carbocycles. The molecule has 0 N–H and O–H groups in total. The lowest BCUT2D eigenvalue weighted by Crippen LogP contribution is -2.31. The quantitative estimate of drug-likeness (QED) is 0.813. The Morgan fingerprint density at radius 3 is 2.73 bits per heavy atom. The molecule has 0 spiro atoms. The van der Waals surface area contributed by atoms with Crippen LogP contribution < -0.4 is 4.90 Å². The van der Waals surface area contributed by atoms with Gasteiger partial charge in [0.05, 0.1) is 18.0 Å². The van der Waals surface area contributed by atoms with Gasteiger partial charge in [0.1, 0.15) is 11.9 Å². The lowest BCUT2D eigenvalue weighted by atomic mass is 9.97. The van der Waals surface area contributed by atoms with Crippen molar-refractivity contribution in [1.82, 2.24) is 9.97 Å². The van der Waals surface area contributed by atoms with Gasteiger partial charge in [0.2, 0.25) is 0 Å². The molecule has 112 valence electrons. The van der Waals surface area contributed by atoms with Crippen LogP contribution in [0.1, 0.15) is 22.4 Å². The van der Waals surface area contributed by atoms with E-state index in [0.717, 1.165) is 11.6 Å². The van der Waals surface area contributed by atoms with Gasteiger partial charge < -0.3 is 4.90 Å². The van der Waals surface area contributed by atoms with Gasteiger partial charge in [-0.3, -0.25) is 4.98 Å². The molecule has 0 saturated heterocycles. The van der Waals surface area contributed by atoms with Crippen LogP contribution in [0.4, 0.5) is 19.0 Å². The van der Waals surface area contributed by atoms with Crippen molar-refractivity contribution in [2.75, 3.05) is 11.4 Å². The summed E-state index contributed by atoms with van der Waals surface area (Å²) in [5.41, 5.74) is 1.14. The smallest absolute Gasteiger partial charge is 0.351 e. The number of benzene rings is 1. The van der Waals surface area contributed by atoms with Gasteiger partial charge in [0, 0.05) is 13.1 Å². The van der Waals surface area contributed by atoms with Crippen molar-refractivity contribution in [3.05, 3.63) is 53.0 Å². The molecule has 0 radical (unpaired) electrons. The molecule has 0 amide bonds. The minimum absolute atomic E-state index is 0.218. The predicted octanol–water partition coefficient (Wildman–Crippen LogP) is 2.93. The van der Waals surface area contributed by atoms with E-state index in [9.17, 15) is 13.2 Å². The SMILES string of the molecule is N#Cc1cncc(N2CCc3cc(C(F)(F)F)ccc3C2)n1. The van der Waals surface area contributed by atoms with Crippen molar-refractivity contribution in [3.8, 4) is 6.07 Å². The zero-order valence-electron chi connectivity index (χ0n) is 11.4. The van der Waals surface area contributed by atoms with E-state index in [4.69, 9.17) is 5.26 Å². The van der Waals surface area contributed by atoms with Crippen LogP contribution in [-0.4, -0.2) is 16.5 Å². The van der Waals surface area contributed by atoms with Crippen LogP contribution in [0.25, 0.3) is 0 Å². The third-order valence-electron chi connectivity index (χ3n) is 3.61. The third kappa shape index (κ3) is 2.72. The normalized spacial score (nSPS) is 14.4. The highest BCUT2D eigenvalue weighted by atomic mass is 19.4. The van der Waals surface area contributed by atoms with Gasteiger partial charge in [-0.05, 0) is 29.7 Å². The van der Waals surface area contributed by atoms with E-state index in [1.807, 2.05) is 11.0 Å². The van der Waals surface area contributed by atoms with Gasteiger partial charge in [-0.15, -0.1) is 0 Å². The van der Waals surface area contributed by atoms with Crippen LogP contribution >= 0.6 is 0 Å². The lowest BCUT2D eigenvalue weighted by Gasteiger charge is -2.30. The number of rotatable bonds is 1. The molecule has 1 aliphatic rings. The maximum Gasteiger partial charge on any atom is 0.416 e. The van der Waals surface area contributed by atoms with E-state index in [1.54, 1.807) is 6.20 Å². The number of nitriles is 1. The average molecular weight is 304 g/mol. The van der Waals surface area contributed by atoms with E-state index < -0.39 is 11.7 Å². The first-order valence-corrected chi connectivity index (χ1v) is 6.63. The molecule has 1 aliphatic heterocycles. The summed E-state index contributed by atoms with van der Waals surface area (Å²) in [5, 5.41) is 8.85. The molecule has 0 atom stereocenters. The molecule has 1 aromatic carbocycles. The van der Waals surface area contributed by atoms with E-state index in [-0.39, 0.29) is 5.69 Å². The Morgan fingerprint density at radius 1 is 1.18 bits per heavy atom. The van der Waals surface area contributed by atoms with E-state index in [0.29, 0.717) is 30.9 Å². The first kappa shape index (κ1) is 14.3. The largest absolute Gasteiger partial charge is 0.416 e. The summed E-state index contributed by atoms with van der Waals surface area (Å²) in [5.74, 6) is 0.560. The zero-order valence-corrected chi connectivity index (χ0v) is 11.4. The van der Waals surface area contributed by atoms with Crippen LogP contribution in [0.15, 0.2) is 30.6 Å². The van der Waals surface area contributed by atoms with Crippen LogP contribution in [0.3, 0.4) is 0 Å². The van der Waals surface area contributed by atoms with E-state index in [1.165, 1.54) is 18.3 Å². The topological polar surface area (TPSA) is 52.8 Å². The molecule has 4 nitrogen and oxygen atoms in total. The first-order chi connectivity index (χ1) is 10.5. The third-order valence-corrected chi connectivity index (χ3v) is 3.61. The average Bonchev–Trinajstić information content (AvgIpc) is 2.53. The summed E-state index contributed by atoms with van der Waals surface area (Å²) in [7, 11) is 0. The van der Waals surface area contributed by atoms with Crippen molar-refractivity contribution < 1.29 is 13.2 Å². The number of anilines is 1. The molecule has 2 heterocycles. The molecule has 0 bridgehead atoms. The fraction of sp³-hybridized carbons (Fsp3) is 0.267. The number of fused-ring (bicyclic) bond motifs is 1. The standard InChI is InChI=1S/C15H11F3N4/c16-15(17,18)12-2-1-11-9-22(4-3-10(11)5-12)14-8-20-7-13(6-19)21-14/h1-2,5,7-8H,3-4,9H2. The summed E-state index contributed by atoms with van der Waals surface area (Å²) in [6, 6.07) is 5.74. The van der Waals surface area contributed by atoms with Crippen LogP contribution in [0, 0.1) is 11.3 Å². The number of aromatic nitrogens is 2. The van der Waals surface area contributed by atoms with E-state index in [2.05, 4.69) is 9.97 Å². The van der Waals surface area contributed by atoms with Crippen molar-refractivity contribution in [2.45, 2.75) is 19.1 Å². The Labute approximate surface area is 124 Å². The van der Waals surface area contributed by atoms with Crippen molar-refractivity contribution in [2.24, 2.45) is 0 Å².